The van der Waals surface area contributed by atoms with Gasteiger partial charge >= 0.3 is 0 Å². The summed E-state index contributed by atoms with van der Waals surface area (Å²) in [6.45, 7) is 4.75. The molecule has 3 fully saturated rings. The largest absolute Gasteiger partial charge is 0.390 e. The normalized spacial score (nSPS) is 22.5. The highest BCUT2D eigenvalue weighted by Gasteiger charge is 2.38. The molecule has 2 amide bonds. The van der Waals surface area contributed by atoms with Crippen LogP contribution in [-0.2, 0) is 14.3 Å². The Hall–Kier alpha value is -1.64. The van der Waals surface area contributed by atoms with E-state index in [-0.39, 0.29) is 30.4 Å². The zero-order valence-electron chi connectivity index (χ0n) is 19.4. The van der Waals surface area contributed by atoms with Gasteiger partial charge in [-0.25, -0.2) is 0 Å². The average Bonchev–Trinajstić information content (AvgIpc) is 3.20. The first-order valence-corrected chi connectivity index (χ1v) is 12.8. The standard InChI is InChI=1S/C25H33Cl2N3O4/c26-21-4-2-19(16-22(21)27)3-5-23(32)29-10-6-24(33)30(14-13-29)18-20(31)17-28-11-8-25(9-12-28)7-1-15-34-25/h2-5,16,20,31H,1,6-15,17-18H2/b5-3+. The first-order chi connectivity index (χ1) is 16.3. The van der Waals surface area contributed by atoms with Crippen molar-refractivity contribution >= 4 is 41.1 Å². The summed E-state index contributed by atoms with van der Waals surface area (Å²) in [6.07, 6.45) is 7.13. The summed E-state index contributed by atoms with van der Waals surface area (Å²) >= 11 is 12.0. The maximum atomic E-state index is 12.7. The predicted octanol–water partition coefficient (Wildman–Crippen LogP) is 3.07. The van der Waals surface area contributed by atoms with Gasteiger partial charge in [0.2, 0.25) is 11.8 Å². The number of aliphatic hydroxyl groups excluding tert-OH is 1. The molecule has 0 saturated carbocycles. The van der Waals surface area contributed by atoms with Gasteiger partial charge in [0.15, 0.2) is 0 Å². The van der Waals surface area contributed by atoms with Crippen molar-refractivity contribution in [2.45, 2.75) is 43.8 Å². The van der Waals surface area contributed by atoms with Crippen molar-refractivity contribution in [3.05, 3.63) is 39.9 Å². The topological polar surface area (TPSA) is 73.3 Å². The fourth-order valence-corrected chi connectivity index (χ4v) is 5.38. The van der Waals surface area contributed by atoms with E-state index in [4.69, 9.17) is 27.9 Å². The molecule has 4 rings (SSSR count). The number of carbonyl (C=O) groups excluding carboxylic acids is 2. The monoisotopic (exact) mass is 509 g/mol. The molecule has 0 bridgehead atoms. The van der Waals surface area contributed by atoms with Crippen molar-refractivity contribution in [3.8, 4) is 0 Å². The highest BCUT2D eigenvalue weighted by Crippen LogP contribution is 2.35. The lowest BCUT2D eigenvalue weighted by molar-refractivity contribution is -0.132. The van der Waals surface area contributed by atoms with Crippen molar-refractivity contribution in [1.82, 2.24) is 14.7 Å². The molecule has 1 unspecified atom stereocenters. The fourth-order valence-electron chi connectivity index (χ4n) is 5.07. The summed E-state index contributed by atoms with van der Waals surface area (Å²) in [5.74, 6) is -0.183. The molecule has 1 N–H and O–H groups in total. The number of carbonyl (C=O) groups is 2. The second-order valence-electron chi connectivity index (χ2n) is 9.51. The van der Waals surface area contributed by atoms with Gasteiger partial charge in [-0.15, -0.1) is 0 Å². The second kappa shape index (κ2) is 11.4. The molecule has 186 valence electrons. The minimum atomic E-state index is -0.612. The zero-order chi connectivity index (χ0) is 24.1. The minimum absolute atomic E-state index is 0.0280. The van der Waals surface area contributed by atoms with Gasteiger partial charge in [-0.2, -0.15) is 0 Å². The fraction of sp³-hybridized carbons (Fsp3) is 0.600. The number of hydrogen-bond acceptors (Lipinski definition) is 5. The lowest BCUT2D eigenvalue weighted by atomic mass is 9.88. The molecule has 7 nitrogen and oxygen atoms in total. The van der Waals surface area contributed by atoms with Crippen molar-refractivity contribution in [2.24, 2.45) is 0 Å². The number of piperidine rings is 1. The minimum Gasteiger partial charge on any atom is -0.390 e. The van der Waals surface area contributed by atoms with Crippen molar-refractivity contribution in [2.75, 3.05) is 52.4 Å². The highest BCUT2D eigenvalue weighted by molar-refractivity contribution is 6.42. The smallest absolute Gasteiger partial charge is 0.246 e. The van der Waals surface area contributed by atoms with Gasteiger partial charge in [0.25, 0.3) is 0 Å². The Morgan fingerprint density at radius 2 is 1.88 bits per heavy atom. The molecule has 3 saturated heterocycles. The van der Waals surface area contributed by atoms with Crippen LogP contribution >= 0.6 is 23.2 Å². The van der Waals surface area contributed by atoms with E-state index in [9.17, 15) is 14.7 Å². The molecule has 1 aromatic carbocycles. The average molecular weight is 510 g/mol. The summed E-state index contributed by atoms with van der Waals surface area (Å²) in [5.41, 5.74) is 0.841. The van der Waals surface area contributed by atoms with Crippen LogP contribution in [0.25, 0.3) is 6.08 Å². The summed E-state index contributed by atoms with van der Waals surface area (Å²) < 4.78 is 5.98. The number of benzene rings is 1. The molecular weight excluding hydrogens is 477 g/mol. The number of rotatable bonds is 6. The van der Waals surface area contributed by atoms with Crippen LogP contribution in [0.3, 0.4) is 0 Å². The number of likely N-dealkylation sites (tertiary alicyclic amines) is 1. The van der Waals surface area contributed by atoms with Gasteiger partial charge in [-0.3, -0.25) is 9.59 Å². The first kappa shape index (κ1) is 25.5. The number of aliphatic hydroxyl groups is 1. The Morgan fingerprint density at radius 3 is 2.59 bits per heavy atom. The van der Waals surface area contributed by atoms with Gasteiger partial charge in [0, 0.05) is 64.9 Å². The summed E-state index contributed by atoms with van der Waals surface area (Å²) in [6, 6.07) is 5.17. The van der Waals surface area contributed by atoms with Crippen molar-refractivity contribution in [3.63, 3.8) is 0 Å². The molecule has 3 aliphatic rings. The van der Waals surface area contributed by atoms with E-state index in [0.29, 0.717) is 36.2 Å². The van der Waals surface area contributed by atoms with Crippen LogP contribution in [0.4, 0.5) is 0 Å². The van der Waals surface area contributed by atoms with Gasteiger partial charge in [-0.05, 0) is 49.5 Å². The van der Waals surface area contributed by atoms with E-state index in [2.05, 4.69) is 4.90 Å². The van der Waals surface area contributed by atoms with Gasteiger partial charge in [-0.1, -0.05) is 29.3 Å². The van der Waals surface area contributed by atoms with Crippen LogP contribution < -0.4 is 0 Å². The third-order valence-electron chi connectivity index (χ3n) is 7.11. The maximum absolute atomic E-state index is 12.7. The van der Waals surface area contributed by atoms with E-state index < -0.39 is 6.10 Å². The summed E-state index contributed by atoms with van der Waals surface area (Å²) in [7, 11) is 0. The molecule has 1 aromatic rings. The van der Waals surface area contributed by atoms with Gasteiger partial charge < -0.3 is 24.5 Å². The van der Waals surface area contributed by atoms with Crippen molar-refractivity contribution < 1.29 is 19.4 Å². The van der Waals surface area contributed by atoms with Gasteiger partial charge in [0.05, 0.1) is 21.8 Å². The number of nitrogens with zero attached hydrogens (tertiary/aromatic N) is 3. The molecule has 34 heavy (non-hydrogen) atoms. The number of hydrogen-bond donors (Lipinski definition) is 1. The highest BCUT2D eigenvalue weighted by atomic mass is 35.5. The van der Waals surface area contributed by atoms with E-state index in [1.807, 2.05) is 0 Å². The second-order valence-corrected chi connectivity index (χ2v) is 10.3. The first-order valence-electron chi connectivity index (χ1n) is 12.1. The Kier molecular flexibility index (Phi) is 8.53. The number of amides is 2. The Balaban J connectivity index is 1.24. The molecule has 1 atom stereocenters. The maximum Gasteiger partial charge on any atom is 0.246 e. The number of β-amino-alcohol motifs (C(OH)–C–C–N with tert-alkyl or cyclic N) is 1. The van der Waals surface area contributed by atoms with Crippen LogP contribution in [-0.4, -0.2) is 95.7 Å². The lowest BCUT2D eigenvalue weighted by Crippen LogP contribution is -2.48. The molecule has 1 spiro atoms. The van der Waals surface area contributed by atoms with Crippen LogP contribution in [0.5, 0.6) is 0 Å². The van der Waals surface area contributed by atoms with Gasteiger partial charge in [0.1, 0.15) is 0 Å². The van der Waals surface area contributed by atoms with E-state index in [1.54, 1.807) is 34.1 Å². The van der Waals surface area contributed by atoms with Crippen molar-refractivity contribution in [1.29, 1.82) is 0 Å². The molecule has 0 aliphatic carbocycles. The Morgan fingerprint density at radius 1 is 1.09 bits per heavy atom. The molecule has 0 radical (unpaired) electrons. The van der Waals surface area contributed by atoms with Crippen LogP contribution in [0, 0.1) is 0 Å². The van der Waals surface area contributed by atoms with E-state index in [1.165, 1.54) is 6.08 Å². The predicted molar refractivity (Wildman–Crippen MR) is 133 cm³/mol. The third-order valence-corrected chi connectivity index (χ3v) is 7.85. The quantitative estimate of drug-likeness (QED) is 0.596. The number of ether oxygens (including phenoxy) is 1. The zero-order valence-corrected chi connectivity index (χ0v) is 20.9. The van der Waals surface area contributed by atoms with Crippen LogP contribution in [0.15, 0.2) is 24.3 Å². The van der Waals surface area contributed by atoms with E-state index >= 15 is 0 Å². The molecule has 3 heterocycles. The lowest BCUT2D eigenvalue weighted by Gasteiger charge is -2.39. The molecule has 9 heteroatoms. The van der Waals surface area contributed by atoms with Crippen LogP contribution in [0.1, 0.15) is 37.7 Å². The van der Waals surface area contributed by atoms with E-state index in [0.717, 1.165) is 50.9 Å². The Labute approximate surface area is 211 Å². The number of halogens is 2. The summed E-state index contributed by atoms with van der Waals surface area (Å²) in [4.78, 5) is 30.9. The molecular formula is C25H33Cl2N3O4. The Bertz CT molecular complexity index is 909. The summed E-state index contributed by atoms with van der Waals surface area (Å²) in [5, 5.41) is 11.6. The third kappa shape index (κ3) is 6.52. The van der Waals surface area contributed by atoms with Crippen LogP contribution in [0.2, 0.25) is 10.0 Å². The molecule has 0 aromatic heterocycles. The SMILES string of the molecule is O=C(/C=C/c1ccc(Cl)c(Cl)c1)N1CCC(=O)N(CC(O)CN2CCC3(CCCO3)CC2)CC1. The molecule has 3 aliphatic heterocycles.